The minimum Gasteiger partial charge on any atom is -0.467 e. The number of amides is 1. The molecule has 1 aliphatic heterocycles. The van der Waals surface area contributed by atoms with Gasteiger partial charge in [-0.3, -0.25) is 4.79 Å². The molecule has 0 radical (unpaired) electrons. The molecule has 1 aromatic carbocycles. The van der Waals surface area contributed by atoms with Crippen LogP contribution in [0, 0.1) is 0 Å². The van der Waals surface area contributed by atoms with Crippen molar-refractivity contribution in [3.63, 3.8) is 0 Å². The monoisotopic (exact) mass is 496 g/mol. The van der Waals surface area contributed by atoms with Crippen molar-refractivity contribution >= 4 is 40.0 Å². The van der Waals surface area contributed by atoms with Gasteiger partial charge in [0.25, 0.3) is 0 Å². The number of benzene rings is 1. The van der Waals surface area contributed by atoms with Crippen molar-refractivity contribution in [2.24, 2.45) is 0 Å². The zero-order valence-electron chi connectivity index (χ0n) is 19.3. The maximum absolute atomic E-state index is 12.7. The second-order valence-corrected chi connectivity index (χ2v) is 9.46. The van der Waals surface area contributed by atoms with Crippen LogP contribution in [-0.4, -0.2) is 49.7 Å². The normalized spacial score (nSPS) is 19.8. The first kappa shape index (κ1) is 25.2. The fourth-order valence-corrected chi connectivity index (χ4v) is 4.75. The number of nitrogens with one attached hydrogen (secondary N) is 1. The molecule has 2 aliphatic rings. The lowest BCUT2D eigenvalue weighted by atomic mass is 9.98. The van der Waals surface area contributed by atoms with E-state index in [1.54, 1.807) is 20.8 Å². The van der Waals surface area contributed by atoms with Gasteiger partial charge in [0.15, 0.2) is 11.8 Å². The number of hydrogen-bond acceptors (Lipinski definition) is 6. The summed E-state index contributed by atoms with van der Waals surface area (Å²) in [5.41, 5.74) is 1.86. The molecule has 1 atom stereocenters. The zero-order chi connectivity index (χ0) is 23.4. The molecule has 1 fully saturated rings. The van der Waals surface area contributed by atoms with E-state index in [1.807, 2.05) is 24.8 Å². The van der Waals surface area contributed by atoms with Crippen molar-refractivity contribution in [2.75, 3.05) is 25.1 Å². The van der Waals surface area contributed by atoms with E-state index >= 15 is 0 Å². The molecule has 0 bridgehead atoms. The van der Waals surface area contributed by atoms with Gasteiger partial charge in [-0.15, -0.1) is 0 Å². The molecule has 0 spiro atoms. The minimum atomic E-state index is -1.23. The van der Waals surface area contributed by atoms with Gasteiger partial charge in [-0.1, -0.05) is 13.8 Å². The highest BCUT2D eigenvalue weighted by molar-refractivity contribution is 9.10. The van der Waals surface area contributed by atoms with Crippen molar-refractivity contribution in [2.45, 2.75) is 71.4 Å². The fourth-order valence-electron chi connectivity index (χ4n) is 4.19. The van der Waals surface area contributed by atoms with E-state index in [0.717, 1.165) is 41.3 Å². The number of aldehydes is 1. The number of hydrogen-bond donors (Lipinski definition) is 1. The number of ether oxygens (including phenoxy) is 2. The largest absolute Gasteiger partial charge is 0.467 e. The molecule has 31 heavy (non-hydrogen) atoms. The molecule has 7 nitrogen and oxygen atoms in total. The van der Waals surface area contributed by atoms with Gasteiger partial charge in [0.1, 0.15) is 5.60 Å². The van der Waals surface area contributed by atoms with E-state index in [2.05, 4.69) is 21.2 Å². The Balaban J connectivity index is 0.00000166. The molecule has 8 heteroatoms. The number of carbonyl (C=O) groups is 3. The average Bonchev–Trinajstić information content (AvgIpc) is 3.33. The number of carbonyl (C=O) groups excluding carboxylic acids is 3. The summed E-state index contributed by atoms with van der Waals surface area (Å²) >= 11 is 3.51. The Labute approximate surface area is 193 Å². The van der Waals surface area contributed by atoms with Gasteiger partial charge in [0.2, 0.25) is 0 Å². The van der Waals surface area contributed by atoms with Gasteiger partial charge >= 0.3 is 12.1 Å². The molecule has 0 saturated carbocycles. The van der Waals surface area contributed by atoms with E-state index in [4.69, 9.17) is 9.47 Å². The molecule has 1 heterocycles. The third-order valence-electron chi connectivity index (χ3n) is 5.38. The molecule has 1 amide bonds. The van der Waals surface area contributed by atoms with Crippen molar-refractivity contribution in [1.82, 2.24) is 5.32 Å². The lowest BCUT2D eigenvalue weighted by molar-refractivity contribution is -0.147. The van der Waals surface area contributed by atoms with Crippen LogP contribution in [0.5, 0.6) is 0 Å². The summed E-state index contributed by atoms with van der Waals surface area (Å²) in [6.45, 7) is 10.0. The van der Waals surface area contributed by atoms with Crippen LogP contribution in [0.15, 0.2) is 10.5 Å². The Kier molecular flexibility index (Phi) is 8.14. The summed E-state index contributed by atoms with van der Waals surface area (Å²) in [6.07, 6.45) is 3.42. The number of nitrogens with zero attached hydrogens (tertiary/aromatic N) is 1. The third-order valence-corrected chi connectivity index (χ3v) is 6.04. The van der Waals surface area contributed by atoms with Gasteiger partial charge < -0.3 is 19.7 Å². The van der Waals surface area contributed by atoms with Crippen LogP contribution in [0.1, 0.15) is 68.9 Å². The summed E-state index contributed by atoms with van der Waals surface area (Å²) in [6, 6.07) is 2.01. The molecule has 0 aromatic heterocycles. The first-order valence-electron chi connectivity index (χ1n) is 10.7. The van der Waals surface area contributed by atoms with Crippen molar-refractivity contribution in [3.8, 4) is 0 Å². The van der Waals surface area contributed by atoms with E-state index in [0.29, 0.717) is 18.5 Å². The SMILES string of the molecule is CC.COC(=O)C1(NC(=O)OC(C)(C)C)CCN(c2c(C=O)c(Br)cc3c2CCC3)C1. The summed E-state index contributed by atoms with van der Waals surface area (Å²) < 4.78 is 11.1. The van der Waals surface area contributed by atoms with Crippen LogP contribution in [-0.2, 0) is 27.1 Å². The van der Waals surface area contributed by atoms with Crippen LogP contribution in [0.2, 0.25) is 0 Å². The molecule has 1 aromatic rings. The molecular formula is C23H33BrN2O5. The third kappa shape index (κ3) is 5.40. The van der Waals surface area contributed by atoms with E-state index in [9.17, 15) is 14.4 Å². The first-order valence-corrected chi connectivity index (χ1v) is 11.5. The number of esters is 1. The smallest absolute Gasteiger partial charge is 0.408 e. The zero-order valence-corrected chi connectivity index (χ0v) is 20.8. The fraction of sp³-hybridized carbons (Fsp3) is 0.609. The Hall–Kier alpha value is -2.09. The number of rotatable bonds is 4. The lowest BCUT2D eigenvalue weighted by Crippen LogP contribution is -2.57. The summed E-state index contributed by atoms with van der Waals surface area (Å²) in [4.78, 5) is 39.0. The van der Waals surface area contributed by atoms with Crippen molar-refractivity contribution in [1.29, 1.82) is 0 Å². The Morgan fingerprint density at radius 2 is 1.94 bits per heavy atom. The van der Waals surface area contributed by atoms with Gasteiger partial charge in [-0.25, -0.2) is 9.59 Å². The Bertz CT molecular complexity index is 849. The van der Waals surface area contributed by atoms with Crippen LogP contribution < -0.4 is 10.2 Å². The quantitative estimate of drug-likeness (QED) is 0.490. The van der Waals surface area contributed by atoms with Gasteiger partial charge in [-0.2, -0.15) is 0 Å². The minimum absolute atomic E-state index is 0.211. The summed E-state index contributed by atoms with van der Waals surface area (Å²) in [7, 11) is 1.30. The maximum Gasteiger partial charge on any atom is 0.408 e. The van der Waals surface area contributed by atoms with Crippen molar-refractivity contribution < 1.29 is 23.9 Å². The highest BCUT2D eigenvalue weighted by Crippen LogP contribution is 2.41. The highest BCUT2D eigenvalue weighted by Gasteiger charge is 2.49. The highest BCUT2D eigenvalue weighted by atomic mass is 79.9. The molecule has 1 unspecified atom stereocenters. The number of alkyl carbamates (subject to hydrolysis) is 1. The lowest BCUT2D eigenvalue weighted by Gasteiger charge is -2.31. The molecule has 3 rings (SSSR count). The van der Waals surface area contributed by atoms with Gasteiger partial charge in [0.05, 0.1) is 24.9 Å². The van der Waals surface area contributed by atoms with Crippen LogP contribution in [0.3, 0.4) is 0 Å². The Morgan fingerprint density at radius 1 is 1.26 bits per heavy atom. The number of halogens is 1. The topological polar surface area (TPSA) is 84.9 Å². The number of fused-ring (bicyclic) bond motifs is 1. The van der Waals surface area contributed by atoms with E-state index < -0.39 is 23.2 Å². The van der Waals surface area contributed by atoms with Crippen LogP contribution in [0.4, 0.5) is 10.5 Å². The second kappa shape index (κ2) is 10.0. The van der Waals surface area contributed by atoms with Gasteiger partial charge in [0, 0.05) is 17.4 Å². The number of aryl methyl sites for hydroxylation is 1. The predicted molar refractivity (Wildman–Crippen MR) is 124 cm³/mol. The summed E-state index contributed by atoms with van der Waals surface area (Å²) in [5.74, 6) is -0.523. The molecule has 1 aliphatic carbocycles. The Morgan fingerprint density at radius 3 is 2.52 bits per heavy atom. The van der Waals surface area contributed by atoms with E-state index in [-0.39, 0.29) is 6.54 Å². The maximum atomic E-state index is 12.7. The molecule has 172 valence electrons. The van der Waals surface area contributed by atoms with Crippen LogP contribution >= 0.6 is 15.9 Å². The number of methoxy groups -OCH3 is 1. The van der Waals surface area contributed by atoms with Crippen LogP contribution in [0.25, 0.3) is 0 Å². The molecular weight excluding hydrogens is 464 g/mol. The molecule has 1 N–H and O–H groups in total. The second-order valence-electron chi connectivity index (χ2n) is 8.60. The first-order chi connectivity index (χ1) is 14.6. The molecule has 1 saturated heterocycles. The van der Waals surface area contributed by atoms with E-state index in [1.165, 1.54) is 12.7 Å². The van der Waals surface area contributed by atoms with Crippen molar-refractivity contribution in [3.05, 3.63) is 27.2 Å². The summed E-state index contributed by atoms with van der Waals surface area (Å²) in [5, 5.41) is 2.74. The predicted octanol–water partition coefficient (Wildman–Crippen LogP) is 4.42. The standard InChI is InChI=1S/C21H27BrN2O5.C2H6/c1-20(2,3)29-19(27)23-21(18(26)28-4)8-9-24(12-21)17-14-7-5-6-13(14)10-16(22)15(17)11-25;1-2/h10-11H,5-9,12H2,1-4H3,(H,23,27);1-2H3. The number of anilines is 1. The van der Waals surface area contributed by atoms with Gasteiger partial charge in [-0.05, 0) is 73.2 Å². The average molecular weight is 497 g/mol.